The highest BCUT2D eigenvalue weighted by Crippen LogP contribution is 2.41. The summed E-state index contributed by atoms with van der Waals surface area (Å²) in [7, 11) is 0. The number of carbonyl (C=O) groups is 2. The van der Waals surface area contributed by atoms with Crippen LogP contribution in [0.5, 0.6) is 0 Å². The molecule has 2 atom stereocenters. The predicted molar refractivity (Wildman–Crippen MR) is 108 cm³/mol. The third kappa shape index (κ3) is 4.57. The first-order valence-electron chi connectivity index (χ1n) is 9.59. The first kappa shape index (κ1) is 19.2. The lowest BCUT2D eigenvalue weighted by Crippen LogP contribution is -2.38. The van der Waals surface area contributed by atoms with Crippen molar-refractivity contribution in [1.29, 1.82) is 0 Å². The summed E-state index contributed by atoms with van der Waals surface area (Å²) < 4.78 is 0. The van der Waals surface area contributed by atoms with Gasteiger partial charge in [-0.25, -0.2) is 0 Å². The normalized spacial score (nSPS) is 18.3. The van der Waals surface area contributed by atoms with Gasteiger partial charge in [0.1, 0.15) is 0 Å². The molecule has 0 spiro atoms. The molecule has 0 aliphatic heterocycles. The first-order chi connectivity index (χ1) is 12.9. The fourth-order valence-electron chi connectivity index (χ4n) is 3.45. The molecule has 2 aromatic carbocycles. The fraction of sp³-hybridized carbons (Fsp3) is 0.391. The average molecular weight is 364 g/mol. The highest BCUT2D eigenvalue weighted by atomic mass is 16.2. The second kappa shape index (κ2) is 7.95. The van der Waals surface area contributed by atoms with Crippen molar-refractivity contribution < 1.29 is 9.59 Å². The third-order valence-corrected chi connectivity index (χ3v) is 5.19. The van der Waals surface area contributed by atoms with Crippen molar-refractivity contribution in [2.75, 3.05) is 5.32 Å². The number of rotatable bonds is 6. The predicted octanol–water partition coefficient (Wildman–Crippen LogP) is 4.32. The Kier molecular flexibility index (Phi) is 5.64. The Morgan fingerprint density at radius 2 is 1.78 bits per heavy atom. The number of nitrogens with zero attached hydrogens (tertiary/aromatic N) is 1. The van der Waals surface area contributed by atoms with Crippen LogP contribution in [0.15, 0.2) is 48.5 Å². The molecule has 1 aliphatic rings. The molecule has 0 heterocycles. The highest BCUT2D eigenvalue weighted by molar-refractivity contribution is 6.00. The Hall–Kier alpha value is -2.62. The molecule has 0 aromatic heterocycles. The van der Waals surface area contributed by atoms with Crippen LogP contribution in [0.3, 0.4) is 0 Å². The minimum Gasteiger partial charge on any atom is -0.336 e. The van der Waals surface area contributed by atoms with Gasteiger partial charge in [0, 0.05) is 18.3 Å². The molecule has 1 aliphatic carbocycles. The van der Waals surface area contributed by atoms with Crippen LogP contribution in [0.4, 0.5) is 5.69 Å². The van der Waals surface area contributed by atoms with Crippen LogP contribution in [0.25, 0.3) is 0 Å². The van der Waals surface area contributed by atoms with E-state index in [-0.39, 0.29) is 29.7 Å². The monoisotopic (exact) mass is 364 g/mol. The molecule has 1 saturated carbocycles. The molecule has 2 unspecified atom stereocenters. The molecule has 0 radical (unpaired) electrons. The Bertz CT molecular complexity index is 830. The summed E-state index contributed by atoms with van der Waals surface area (Å²) >= 11 is 0. The smallest absolute Gasteiger partial charge is 0.228 e. The van der Waals surface area contributed by atoms with Gasteiger partial charge in [0.2, 0.25) is 11.8 Å². The number of nitrogens with one attached hydrogen (secondary N) is 1. The zero-order valence-corrected chi connectivity index (χ0v) is 16.5. The maximum absolute atomic E-state index is 13.0. The largest absolute Gasteiger partial charge is 0.336 e. The lowest BCUT2D eigenvalue weighted by atomic mass is 10.1. The summed E-state index contributed by atoms with van der Waals surface area (Å²) in [5, 5.41) is 2.99. The van der Waals surface area contributed by atoms with E-state index in [0.29, 0.717) is 13.0 Å². The van der Waals surface area contributed by atoms with Gasteiger partial charge in [0.05, 0.1) is 11.8 Å². The molecule has 0 bridgehead atoms. The van der Waals surface area contributed by atoms with Crippen LogP contribution >= 0.6 is 0 Å². The van der Waals surface area contributed by atoms with Crippen molar-refractivity contribution in [1.82, 2.24) is 4.90 Å². The molecule has 4 heteroatoms. The fourth-order valence-corrected chi connectivity index (χ4v) is 3.45. The van der Waals surface area contributed by atoms with Crippen molar-refractivity contribution in [2.45, 2.75) is 46.7 Å². The van der Waals surface area contributed by atoms with Gasteiger partial charge in [0.15, 0.2) is 0 Å². The van der Waals surface area contributed by atoms with Crippen molar-refractivity contribution in [3.8, 4) is 0 Å². The molecule has 1 fully saturated rings. The lowest BCUT2D eigenvalue weighted by Gasteiger charge is -2.27. The molecule has 4 nitrogen and oxygen atoms in total. The first-order valence-corrected chi connectivity index (χ1v) is 9.59. The van der Waals surface area contributed by atoms with E-state index >= 15 is 0 Å². The second-order valence-corrected chi connectivity index (χ2v) is 7.80. The van der Waals surface area contributed by atoms with E-state index in [1.807, 2.05) is 81.1 Å². The quantitative estimate of drug-likeness (QED) is 0.830. The third-order valence-electron chi connectivity index (χ3n) is 5.19. The van der Waals surface area contributed by atoms with E-state index < -0.39 is 0 Å². The molecular weight excluding hydrogens is 336 g/mol. The van der Waals surface area contributed by atoms with E-state index in [2.05, 4.69) is 5.32 Å². The number of aryl methyl sites for hydroxylation is 2. The van der Waals surface area contributed by atoms with E-state index in [1.54, 1.807) is 0 Å². The summed E-state index contributed by atoms with van der Waals surface area (Å²) in [6, 6.07) is 16.0. The van der Waals surface area contributed by atoms with Crippen LogP contribution in [0.2, 0.25) is 0 Å². The maximum Gasteiger partial charge on any atom is 0.228 e. The topological polar surface area (TPSA) is 49.4 Å². The summed E-state index contributed by atoms with van der Waals surface area (Å²) in [4.78, 5) is 27.5. The number of carbonyl (C=O) groups excluding carboxylic acids is 2. The second-order valence-electron chi connectivity index (χ2n) is 7.80. The number of benzene rings is 2. The molecular formula is C23H28N2O2. The van der Waals surface area contributed by atoms with Gasteiger partial charge in [-0.15, -0.1) is 0 Å². The zero-order chi connectivity index (χ0) is 19.6. The van der Waals surface area contributed by atoms with Crippen molar-refractivity contribution in [2.24, 2.45) is 11.8 Å². The highest BCUT2D eigenvalue weighted by Gasteiger charge is 2.49. The molecule has 1 N–H and O–H groups in total. The van der Waals surface area contributed by atoms with Crippen molar-refractivity contribution >= 4 is 17.5 Å². The average Bonchev–Trinajstić information content (AvgIpc) is 3.43. The van der Waals surface area contributed by atoms with E-state index in [9.17, 15) is 9.59 Å². The molecule has 3 rings (SSSR count). The van der Waals surface area contributed by atoms with Gasteiger partial charge in [0.25, 0.3) is 0 Å². The van der Waals surface area contributed by atoms with Crippen molar-refractivity contribution in [3.63, 3.8) is 0 Å². The molecule has 2 amide bonds. The number of amides is 2. The molecule has 142 valence electrons. The summed E-state index contributed by atoms with van der Waals surface area (Å²) in [5.74, 6) is -0.407. The zero-order valence-electron chi connectivity index (χ0n) is 16.5. The summed E-state index contributed by atoms with van der Waals surface area (Å²) in [5.41, 5.74) is 4.14. The molecule has 27 heavy (non-hydrogen) atoms. The van der Waals surface area contributed by atoms with Crippen LogP contribution in [-0.2, 0) is 16.1 Å². The molecule has 0 saturated heterocycles. The molecule has 2 aromatic rings. The van der Waals surface area contributed by atoms with Gasteiger partial charge in [-0.2, -0.15) is 0 Å². The minimum absolute atomic E-state index is 0.0521. The Morgan fingerprint density at radius 3 is 2.41 bits per heavy atom. The Labute approximate surface area is 161 Å². The van der Waals surface area contributed by atoms with Gasteiger partial charge in [-0.05, 0) is 51.3 Å². The Morgan fingerprint density at radius 1 is 1.07 bits per heavy atom. The van der Waals surface area contributed by atoms with Crippen LogP contribution in [0, 0.1) is 25.7 Å². The Balaban J connectivity index is 1.63. The van der Waals surface area contributed by atoms with Gasteiger partial charge < -0.3 is 10.2 Å². The SMILES string of the molecule is Cc1ccc(NC(=O)C2CC2C(=O)N(Cc2ccccc2)C(C)C)c(C)c1. The van der Waals surface area contributed by atoms with Crippen LogP contribution in [-0.4, -0.2) is 22.8 Å². The number of anilines is 1. The summed E-state index contributed by atoms with van der Waals surface area (Å²) in [6.07, 6.45) is 0.633. The standard InChI is InChI=1S/C23H28N2O2/c1-15(2)25(14-18-8-6-5-7-9-18)23(27)20-13-19(20)22(26)24-21-11-10-16(3)12-17(21)4/h5-12,15,19-20H,13-14H2,1-4H3,(H,24,26). The maximum atomic E-state index is 13.0. The number of hydrogen-bond donors (Lipinski definition) is 1. The van der Waals surface area contributed by atoms with E-state index in [0.717, 1.165) is 16.8 Å². The summed E-state index contributed by atoms with van der Waals surface area (Å²) in [6.45, 7) is 8.64. The van der Waals surface area contributed by atoms with Gasteiger partial charge >= 0.3 is 0 Å². The van der Waals surface area contributed by atoms with Gasteiger partial charge in [-0.1, -0.05) is 48.0 Å². The van der Waals surface area contributed by atoms with E-state index in [4.69, 9.17) is 0 Å². The van der Waals surface area contributed by atoms with Crippen LogP contribution in [0.1, 0.15) is 37.0 Å². The number of hydrogen-bond acceptors (Lipinski definition) is 2. The van der Waals surface area contributed by atoms with E-state index in [1.165, 1.54) is 5.56 Å². The van der Waals surface area contributed by atoms with Crippen molar-refractivity contribution in [3.05, 3.63) is 65.2 Å². The minimum atomic E-state index is -0.227. The van der Waals surface area contributed by atoms with Crippen LogP contribution < -0.4 is 5.32 Å². The lowest BCUT2D eigenvalue weighted by molar-refractivity contribution is -0.136. The van der Waals surface area contributed by atoms with Gasteiger partial charge in [-0.3, -0.25) is 9.59 Å².